The number of hydrogen-bond acceptors (Lipinski definition) is 2. The molecule has 86 valence electrons. The largest absolute Gasteiger partial charge is 0.478 e. The van der Waals surface area contributed by atoms with Crippen molar-refractivity contribution >= 4 is 17.7 Å². The second-order valence-electron chi connectivity index (χ2n) is 3.66. The van der Waals surface area contributed by atoms with E-state index in [4.69, 9.17) is 5.11 Å². The summed E-state index contributed by atoms with van der Waals surface area (Å²) in [6, 6.07) is 4.42. The van der Waals surface area contributed by atoms with Gasteiger partial charge in [0.1, 0.15) is 0 Å². The van der Waals surface area contributed by atoms with E-state index in [1.54, 1.807) is 33.2 Å². The Morgan fingerprint density at radius 2 is 1.94 bits per heavy atom. The van der Waals surface area contributed by atoms with E-state index in [9.17, 15) is 9.59 Å². The molecule has 1 aromatic rings. The van der Waals surface area contributed by atoms with Crippen LogP contribution in [0.5, 0.6) is 0 Å². The molecule has 0 bridgehead atoms. The van der Waals surface area contributed by atoms with E-state index in [2.05, 4.69) is 5.32 Å². The van der Waals surface area contributed by atoms with Crippen molar-refractivity contribution in [1.29, 1.82) is 0 Å². The molecular formula is C11H14N2O3. The first kappa shape index (κ1) is 12.0. The molecule has 2 amide bonds. The van der Waals surface area contributed by atoms with Crippen LogP contribution < -0.4 is 5.32 Å². The fourth-order valence-electron chi connectivity index (χ4n) is 1.22. The number of carbonyl (C=O) groups is 2. The highest BCUT2D eigenvalue weighted by Crippen LogP contribution is 2.15. The van der Waals surface area contributed by atoms with E-state index < -0.39 is 5.97 Å². The van der Waals surface area contributed by atoms with Crippen molar-refractivity contribution in [2.45, 2.75) is 6.92 Å². The molecular weight excluding hydrogens is 208 g/mol. The summed E-state index contributed by atoms with van der Waals surface area (Å²) < 4.78 is 0. The molecule has 0 aromatic heterocycles. The fraction of sp³-hybridized carbons (Fsp3) is 0.273. The average Bonchev–Trinajstić information content (AvgIpc) is 2.16. The van der Waals surface area contributed by atoms with Crippen molar-refractivity contribution in [1.82, 2.24) is 4.90 Å². The number of aryl methyl sites for hydroxylation is 1. The summed E-state index contributed by atoms with van der Waals surface area (Å²) in [5.74, 6) is -0.969. The molecule has 1 rings (SSSR count). The van der Waals surface area contributed by atoms with Crippen LogP contribution in [0.15, 0.2) is 18.2 Å². The van der Waals surface area contributed by atoms with Gasteiger partial charge in [-0.15, -0.1) is 0 Å². The van der Waals surface area contributed by atoms with Crippen LogP contribution in [-0.4, -0.2) is 36.1 Å². The Morgan fingerprint density at radius 1 is 1.31 bits per heavy atom. The van der Waals surface area contributed by atoms with E-state index in [-0.39, 0.29) is 11.6 Å². The number of carbonyl (C=O) groups excluding carboxylic acids is 1. The summed E-state index contributed by atoms with van der Waals surface area (Å²) in [7, 11) is 3.27. The predicted molar refractivity (Wildman–Crippen MR) is 60.8 cm³/mol. The van der Waals surface area contributed by atoms with Crippen LogP contribution in [0.3, 0.4) is 0 Å². The molecule has 0 heterocycles. The number of nitrogens with one attached hydrogen (secondary N) is 1. The molecule has 0 spiro atoms. The lowest BCUT2D eigenvalue weighted by Gasteiger charge is -2.12. The normalized spacial score (nSPS) is 9.69. The van der Waals surface area contributed by atoms with Crippen molar-refractivity contribution in [2.24, 2.45) is 0 Å². The van der Waals surface area contributed by atoms with Gasteiger partial charge in [-0.25, -0.2) is 9.59 Å². The lowest BCUT2D eigenvalue weighted by atomic mass is 10.1. The van der Waals surface area contributed by atoms with Crippen LogP contribution in [-0.2, 0) is 0 Å². The van der Waals surface area contributed by atoms with Crippen molar-refractivity contribution in [2.75, 3.05) is 19.4 Å². The van der Waals surface area contributed by atoms with Gasteiger partial charge in [-0.2, -0.15) is 0 Å². The minimum absolute atomic E-state index is 0.239. The van der Waals surface area contributed by atoms with Crippen LogP contribution in [0.4, 0.5) is 10.5 Å². The quantitative estimate of drug-likeness (QED) is 0.801. The molecule has 2 N–H and O–H groups in total. The first-order valence-corrected chi connectivity index (χ1v) is 4.74. The third-order valence-corrected chi connectivity index (χ3v) is 2.11. The lowest BCUT2D eigenvalue weighted by molar-refractivity contribution is 0.0696. The molecule has 0 aliphatic heterocycles. The predicted octanol–water partition coefficient (Wildman–Crippen LogP) is 1.79. The minimum Gasteiger partial charge on any atom is -0.478 e. The van der Waals surface area contributed by atoms with E-state index in [0.29, 0.717) is 11.3 Å². The van der Waals surface area contributed by atoms with Gasteiger partial charge in [0, 0.05) is 19.8 Å². The maximum absolute atomic E-state index is 11.3. The van der Waals surface area contributed by atoms with Gasteiger partial charge < -0.3 is 15.3 Å². The number of carboxylic acids is 1. The summed E-state index contributed by atoms with van der Waals surface area (Å²) in [5.41, 5.74) is 1.44. The topological polar surface area (TPSA) is 69.6 Å². The second kappa shape index (κ2) is 4.65. The molecule has 0 fully saturated rings. The van der Waals surface area contributed by atoms with Gasteiger partial charge in [0.15, 0.2) is 0 Å². The molecule has 5 nitrogen and oxygen atoms in total. The zero-order valence-corrected chi connectivity index (χ0v) is 9.44. The van der Waals surface area contributed by atoms with Crippen LogP contribution in [0, 0.1) is 6.92 Å². The van der Waals surface area contributed by atoms with E-state index in [1.807, 2.05) is 0 Å². The Labute approximate surface area is 93.7 Å². The Morgan fingerprint density at radius 3 is 2.38 bits per heavy atom. The number of aromatic carboxylic acids is 1. The highest BCUT2D eigenvalue weighted by Gasteiger charge is 2.09. The second-order valence-corrected chi connectivity index (χ2v) is 3.66. The van der Waals surface area contributed by atoms with Gasteiger partial charge in [0.25, 0.3) is 0 Å². The third kappa shape index (κ3) is 2.73. The molecule has 1 aromatic carbocycles. The minimum atomic E-state index is -0.969. The summed E-state index contributed by atoms with van der Waals surface area (Å²) >= 11 is 0. The summed E-state index contributed by atoms with van der Waals surface area (Å²) in [6.07, 6.45) is 0. The van der Waals surface area contributed by atoms with Crippen LogP contribution >= 0.6 is 0 Å². The molecule has 0 aliphatic rings. The Kier molecular flexibility index (Phi) is 3.50. The highest BCUT2D eigenvalue weighted by atomic mass is 16.4. The van der Waals surface area contributed by atoms with Crippen LogP contribution in [0.1, 0.15) is 15.9 Å². The van der Waals surface area contributed by atoms with E-state index >= 15 is 0 Å². The Hall–Kier alpha value is -2.04. The van der Waals surface area contributed by atoms with Crippen molar-refractivity contribution in [3.8, 4) is 0 Å². The first-order chi connectivity index (χ1) is 7.41. The Bertz CT molecular complexity index is 427. The molecule has 0 radical (unpaired) electrons. The molecule has 0 unspecified atom stereocenters. The molecule has 0 aliphatic carbocycles. The number of amides is 2. The number of anilines is 1. The highest BCUT2D eigenvalue weighted by molar-refractivity contribution is 5.92. The lowest BCUT2D eigenvalue weighted by Crippen LogP contribution is -2.27. The summed E-state index contributed by atoms with van der Waals surface area (Å²) in [4.78, 5) is 23.5. The molecule has 16 heavy (non-hydrogen) atoms. The van der Waals surface area contributed by atoms with Crippen molar-refractivity contribution in [3.05, 3.63) is 29.3 Å². The van der Waals surface area contributed by atoms with Gasteiger partial charge in [-0.1, -0.05) is 0 Å². The number of nitrogens with zero attached hydrogens (tertiary/aromatic N) is 1. The van der Waals surface area contributed by atoms with Crippen molar-refractivity contribution < 1.29 is 14.7 Å². The van der Waals surface area contributed by atoms with E-state index in [0.717, 1.165) is 0 Å². The first-order valence-electron chi connectivity index (χ1n) is 4.74. The number of urea groups is 1. The average molecular weight is 222 g/mol. The van der Waals surface area contributed by atoms with Crippen LogP contribution in [0.2, 0.25) is 0 Å². The zero-order valence-electron chi connectivity index (χ0n) is 9.44. The molecule has 0 saturated carbocycles. The summed E-state index contributed by atoms with van der Waals surface area (Å²) in [6.45, 7) is 1.69. The molecule has 0 atom stereocenters. The van der Waals surface area contributed by atoms with E-state index in [1.165, 1.54) is 11.0 Å². The van der Waals surface area contributed by atoms with Crippen LogP contribution in [0.25, 0.3) is 0 Å². The monoisotopic (exact) mass is 222 g/mol. The SMILES string of the molecule is Cc1cc(NC(=O)N(C)C)ccc1C(=O)O. The van der Waals surface area contributed by atoms with Gasteiger partial charge >= 0.3 is 12.0 Å². The van der Waals surface area contributed by atoms with Gasteiger partial charge in [-0.05, 0) is 30.7 Å². The molecule has 0 saturated heterocycles. The zero-order chi connectivity index (χ0) is 12.3. The Balaban J connectivity index is 2.90. The number of hydrogen-bond donors (Lipinski definition) is 2. The summed E-state index contributed by atoms with van der Waals surface area (Å²) in [5, 5.41) is 11.5. The van der Waals surface area contributed by atoms with Gasteiger partial charge in [0.05, 0.1) is 5.56 Å². The van der Waals surface area contributed by atoms with Gasteiger partial charge in [-0.3, -0.25) is 0 Å². The molecule has 5 heteroatoms. The van der Waals surface area contributed by atoms with Gasteiger partial charge in [0.2, 0.25) is 0 Å². The number of benzene rings is 1. The third-order valence-electron chi connectivity index (χ3n) is 2.11. The number of rotatable bonds is 2. The standard InChI is InChI=1S/C11H14N2O3/c1-7-6-8(12-11(16)13(2)3)4-5-9(7)10(14)15/h4-6H,1-3H3,(H,12,16)(H,14,15). The van der Waals surface area contributed by atoms with Crippen molar-refractivity contribution in [3.63, 3.8) is 0 Å². The number of carboxylic acid groups (broad SMARTS) is 1. The maximum atomic E-state index is 11.3. The smallest absolute Gasteiger partial charge is 0.335 e. The maximum Gasteiger partial charge on any atom is 0.335 e. The fourth-order valence-corrected chi connectivity index (χ4v) is 1.22.